The summed E-state index contributed by atoms with van der Waals surface area (Å²) < 4.78 is 2.25. The molecule has 5 rings (SSSR count). The normalized spacial score (nSPS) is 18.3. The highest BCUT2D eigenvalue weighted by Crippen LogP contribution is 2.43. The van der Waals surface area contributed by atoms with Gasteiger partial charge in [-0.1, -0.05) is 24.3 Å². The van der Waals surface area contributed by atoms with Crippen LogP contribution in [0.15, 0.2) is 85.3 Å². The van der Waals surface area contributed by atoms with Gasteiger partial charge in [-0.3, -0.25) is 9.97 Å². The predicted octanol–water partition coefficient (Wildman–Crippen LogP) is 5.06. The van der Waals surface area contributed by atoms with Crippen LogP contribution in [0.2, 0.25) is 0 Å². The molecule has 31 heavy (non-hydrogen) atoms. The van der Waals surface area contributed by atoms with Gasteiger partial charge in [0, 0.05) is 29.5 Å². The fourth-order valence-corrected chi connectivity index (χ4v) is 4.85. The Hall–Kier alpha value is -3.51. The standard InChI is InChI=1S/C25H23N5S/c1-17-15-21(18(2)29(17)20-11-8-13-26-16-20)24-23(22-12-6-7-14-27-22)28-25(31)30(24)19-9-4-3-5-10-19/h3-16,23-24H,1-2H3,(H,28,31)/t23-,24-/m1/s1. The van der Waals surface area contributed by atoms with Gasteiger partial charge in [0.2, 0.25) is 0 Å². The monoisotopic (exact) mass is 425 g/mol. The van der Waals surface area contributed by atoms with Crippen LogP contribution in [0.1, 0.15) is 34.7 Å². The Morgan fingerprint density at radius 1 is 0.903 bits per heavy atom. The van der Waals surface area contributed by atoms with Crippen molar-refractivity contribution in [3.05, 3.63) is 108 Å². The number of hydrogen-bond donors (Lipinski definition) is 1. The molecule has 0 saturated carbocycles. The van der Waals surface area contributed by atoms with E-state index in [2.05, 4.69) is 68.9 Å². The van der Waals surface area contributed by atoms with Crippen LogP contribution in [0.25, 0.3) is 5.69 Å². The fraction of sp³-hybridized carbons (Fsp3) is 0.160. The molecule has 1 saturated heterocycles. The van der Waals surface area contributed by atoms with Crippen molar-refractivity contribution in [3.8, 4) is 5.69 Å². The highest BCUT2D eigenvalue weighted by atomic mass is 32.1. The number of para-hydroxylation sites is 1. The summed E-state index contributed by atoms with van der Waals surface area (Å²) in [6, 6.07) is 22.6. The molecule has 4 heterocycles. The van der Waals surface area contributed by atoms with E-state index in [1.165, 1.54) is 11.3 Å². The minimum atomic E-state index is -0.0586. The first-order valence-corrected chi connectivity index (χ1v) is 10.7. The number of nitrogens with one attached hydrogen (secondary N) is 1. The SMILES string of the molecule is Cc1cc([C@@H]2[C@@H](c3ccccn3)NC(=S)N2c2ccccc2)c(C)n1-c1cccnc1. The largest absolute Gasteiger partial charge is 0.351 e. The molecule has 154 valence electrons. The topological polar surface area (TPSA) is 46.0 Å². The van der Waals surface area contributed by atoms with Gasteiger partial charge in [-0.25, -0.2) is 0 Å². The number of aryl methyl sites for hydroxylation is 1. The van der Waals surface area contributed by atoms with Crippen LogP contribution in [-0.2, 0) is 0 Å². The zero-order valence-corrected chi connectivity index (χ0v) is 18.3. The third-order valence-electron chi connectivity index (χ3n) is 5.83. The minimum absolute atomic E-state index is 0.0265. The maximum absolute atomic E-state index is 5.82. The second kappa shape index (κ2) is 7.96. The molecule has 0 aliphatic carbocycles. The van der Waals surface area contributed by atoms with Crippen molar-refractivity contribution in [1.29, 1.82) is 0 Å². The maximum Gasteiger partial charge on any atom is 0.174 e. The van der Waals surface area contributed by atoms with E-state index in [0.29, 0.717) is 5.11 Å². The molecule has 0 radical (unpaired) electrons. The fourth-order valence-electron chi connectivity index (χ4n) is 4.51. The summed E-state index contributed by atoms with van der Waals surface area (Å²) in [5.74, 6) is 0. The van der Waals surface area contributed by atoms with E-state index in [1.807, 2.05) is 48.8 Å². The van der Waals surface area contributed by atoms with Crippen LogP contribution in [0.5, 0.6) is 0 Å². The quantitative estimate of drug-likeness (QED) is 0.463. The molecule has 2 atom stereocenters. The zero-order chi connectivity index (χ0) is 21.4. The molecule has 1 aliphatic heterocycles. The van der Waals surface area contributed by atoms with Gasteiger partial charge in [0.15, 0.2) is 5.11 Å². The van der Waals surface area contributed by atoms with Crippen molar-refractivity contribution in [1.82, 2.24) is 19.9 Å². The Labute approximate surface area is 187 Å². The lowest BCUT2D eigenvalue weighted by Crippen LogP contribution is -2.29. The molecular weight excluding hydrogens is 402 g/mol. The van der Waals surface area contributed by atoms with Gasteiger partial charge in [0.25, 0.3) is 0 Å². The van der Waals surface area contributed by atoms with E-state index in [4.69, 9.17) is 12.2 Å². The van der Waals surface area contributed by atoms with Gasteiger partial charge in [-0.15, -0.1) is 0 Å². The Kier molecular flexibility index (Phi) is 5.00. The van der Waals surface area contributed by atoms with E-state index in [1.54, 1.807) is 6.20 Å². The molecule has 0 spiro atoms. The summed E-state index contributed by atoms with van der Waals surface area (Å²) in [7, 11) is 0. The first-order chi connectivity index (χ1) is 15.1. The van der Waals surface area contributed by atoms with Gasteiger partial charge >= 0.3 is 0 Å². The summed E-state index contributed by atoms with van der Waals surface area (Å²) in [6.45, 7) is 4.29. The summed E-state index contributed by atoms with van der Waals surface area (Å²) in [5.41, 5.74) is 6.63. The number of benzene rings is 1. The van der Waals surface area contributed by atoms with Crippen LogP contribution in [0.3, 0.4) is 0 Å². The minimum Gasteiger partial charge on any atom is -0.351 e. The highest BCUT2D eigenvalue weighted by molar-refractivity contribution is 7.80. The predicted molar refractivity (Wildman–Crippen MR) is 127 cm³/mol. The smallest absolute Gasteiger partial charge is 0.174 e. The Balaban J connectivity index is 1.68. The molecule has 1 N–H and O–H groups in total. The lowest BCUT2D eigenvalue weighted by molar-refractivity contribution is 0.565. The molecule has 4 aromatic rings. The summed E-state index contributed by atoms with van der Waals surface area (Å²) >= 11 is 5.82. The van der Waals surface area contributed by atoms with Crippen molar-refractivity contribution >= 4 is 23.0 Å². The summed E-state index contributed by atoms with van der Waals surface area (Å²) in [4.78, 5) is 11.2. The van der Waals surface area contributed by atoms with Gasteiger partial charge < -0.3 is 14.8 Å². The first-order valence-electron chi connectivity index (χ1n) is 10.3. The van der Waals surface area contributed by atoms with Gasteiger partial charge in [0.1, 0.15) is 0 Å². The van der Waals surface area contributed by atoms with Crippen molar-refractivity contribution in [2.75, 3.05) is 4.90 Å². The molecule has 3 aromatic heterocycles. The van der Waals surface area contributed by atoms with Crippen LogP contribution in [0, 0.1) is 13.8 Å². The van der Waals surface area contributed by atoms with Crippen LogP contribution in [0.4, 0.5) is 5.69 Å². The number of aromatic nitrogens is 3. The third kappa shape index (κ3) is 3.39. The molecule has 1 aliphatic rings. The zero-order valence-electron chi connectivity index (χ0n) is 17.4. The van der Waals surface area contributed by atoms with Crippen LogP contribution >= 0.6 is 12.2 Å². The Morgan fingerprint density at radius 3 is 2.39 bits per heavy atom. The van der Waals surface area contributed by atoms with Gasteiger partial charge in [-0.05, 0) is 74.1 Å². The average Bonchev–Trinajstić information content (AvgIpc) is 3.30. The van der Waals surface area contributed by atoms with Crippen molar-refractivity contribution in [3.63, 3.8) is 0 Å². The molecular formula is C25H23N5S. The number of pyridine rings is 2. The van der Waals surface area contributed by atoms with Crippen molar-refractivity contribution < 1.29 is 0 Å². The second-order valence-corrected chi connectivity index (χ2v) is 8.09. The van der Waals surface area contributed by atoms with Gasteiger partial charge in [-0.2, -0.15) is 0 Å². The van der Waals surface area contributed by atoms with Crippen molar-refractivity contribution in [2.45, 2.75) is 25.9 Å². The number of anilines is 1. The first kappa shape index (κ1) is 19.5. The highest BCUT2D eigenvalue weighted by Gasteiger charge is 2.42. The van der Waals surface area contributed by atoms with E-state index < -0.39 is 0 Å². The molecule has 0 amide bonds. The number of hydrogen-bond acceptors (Lipinski definition) is 3. The Bertz CT molecular complexity index is 1200. The third-order valence-corrected chi connectivity index (χ3v) is 6.14. The van der Waals surface area contributed by atoms with Crippen LogP contribution in [-0.4, -0.2) is 19.6 Å². The summed E-state index contributed by atoms with van der Waals surface area (Å²) in [5, 5.41) is 4.24. The summed E-state index contributed by atoms with van der Waals surface area (Å²) in [6.07, 6.45) is 5.53. The lowest BCUT2D eigenvalue weighted by atomic mass is 9.96. The molecule has 6 heteroatoms. The van der Waals surface area contributed by atoms with Gasteiger partial charge in [0.05, 0.1) is 29.7 Å². The maximum atomic E-state index is 5.82. The molecule has 0 bridgehead atoms. The number of rotatable bonds is 4. The van der Waals surface area contributed by atoms with Crippen LogP contribution < -0.4 is 10.2 Å². The molecule has 1 fully saturated rings. The van der Waals surface area contributed by atoms with E-state index >= 15 is 0 Å². The number of thiocarbonyl (C=S) groups is 1. The lowest BCUT2D eigenvalue weighted by Gasteiger charge is -2.28. The molecule has 1 aromatic carbocycles. The average molecular weight is 426 g/mol. The van der Waals surface area contributed by atoms with E-state index in [0.717, 1.165) is 22.8 Å². The second-order valence-electron chi connectivity index (χ2n) is 7.71. The van der Waals surface area contributed by atoms with E-state index in [9.17, 15) is 0 Å². The molecule has 5 nitrogen and oxygen atoms in total. The number of nitrogens with zero attached hydrogens (tertiary/aromatic N) is 4. The van der Waals surface area contributed by atoms with Crippen molar-refractivity contribution in [2.24, 2.45) is 0 Å². The van der Waals surface area contributed by atoms with E-state index in [-0.39, 0.29) is 12.1 Å². The Morgan fingerprint density at radius 2 is 1.68 bits per heavy atom. The molecule has 0 unspecified atom stereocenters.